The topological polar surface area (TPSA) is 72.3 Å². The van der Waals surface area contributed by atoms with Gasteiger partial charge in [-0.2, -0.15) is 0 Å². The molecule has 0 bridgehead atoms. The molecule has 2 N–H and O–H groups in total. The number of methoxy groups -OCH3 is 2. The summed E-state index contributed by atoms with van der Waals surface area (Å²) >= 11 is 0. The molecule has 1 aromatic carbocycles. The number of quaternary nitrogens is 1. The summed E-state index contributed by atoms with van der Waals surface area (Å²) < 4.78 is 10.6. The van der Waals surface area contributed by atoms with Crippen LogP contribution < -0.4 is 19.7 Å². The van der Waals surface area contributed by atoms with Crippen LogP contribution in [0.5, 0.6) is 11.5 Å². The smallest absolute Gasteiger partial charge is 0.329 e. The van der Waals surface area contributed by atoms with E-state index in [0.29, 0.717) is 13.2 Å². The maximum Gasteiger partial charge on any atom is 0.329 e. The average Bonchev–Trinajstić information content (AvgIpc) is 3.41. The van der Waals surface area contributed by atoms with Crippen molar-refractivity contribution >= 4 is 11.9 Å². The largest absolute Gasteiger partial charge is 0.497 e. The Bertz CT molecular complexity index is 689. The predicted molar refractivity (Wildman–Crippen MR) is 91.5 cm³/mol. The number of amides is 3. The summed E-state index contributed by atoms with van der Waals surface area (Å²) in [5, 5.41) is 2.88. The summed E-state index contributed by atoms with van der Waals surface area (Å²) in [7, 11) is 5.18. The van der Waals surface area contributed by atoms with Crippen LogP contribution in [0.4, 0.5) is 4.79 Å². The number of benzene rings is 1. The van der Waals surface area contributed by atoms with E-state index in [1.807, 2.05) is 32.2 Å². The van der Waals surface area contributed by atoms with Gasteiger partial charge in [0.25, 0.3) is 5.91 Å². The number of urea groups is 1. The minimum Gasteiger partial charge on any atom is -0.497 e. The highest BCUT2D eigenvalue weighted by atomic mass is 16.5. The lowest BCUT2D eigenvalue weighted by molar-refractivity contribution is -0.901. The number of nitrogens with one attached hydrogen (secondary N) is 2. The molecule has 1 aromatic rings. The second-order valence-electron chi connectivity index (χ2n) is 7.11. The molecule has 7 heteroatoms. The summed E-state index contributed by atoms with van der Waals surface area (Å²) in [6.45, 7) is 2.79. The maximum atomic E-state index is 12.7. The van der Waals surface area contributed by atoms with Crippen LogP contribution >= 0.6 is 0 Å². The Hall–Kier alpha value is -2.28. The van der Waals surface area contributed by atoms with Gasteiger partial charge in [0.1, 0.15) is 23.6 Å². The highest BCUT2D eigenvalue weighted by Crippen LogP contribution is 2.42. The molecule has 2 atom stereocenters. The van der Waals surface area contributed by atoms with Gasteiger partial charge < -0.3 is 19.7 Å². The van der Waals surface area contributed by atoms with Gasteiger partial charge in [-0.05, 0) is 37.8 Å². The van der Waals surface area contributed by atoms with Crippen LogP contribution in [0.2, 0.25) is 0 Å². The Morgan fingerprint density at radius 3 is 2.60 bits per heavy atom. The van der Waals surface area contributed by atoms with Crippen LogP contribution in [0, 0.1) is 5.92 Å². The lowest BCUT2D eigenvalue weighted by Crippen LogP contribution is -3.09. The van der Waals surface area contributed by atoms with E-state index in [4.69, 9.17) is 9.47 Å². The van der Waals surface area contributed by atoms with Crippen molar-refractivity contribution < 1.29 is 24.0 Å². The van der Waals surface area contributed by atoms with Crippen molar-refractivity contribution in [2.45, 2.75) is 31.8 Å². The zero-order valence-electron chi connectivity index (χ0n) is 15.2. The molecule has 1 aliphatic heterocycles. The molecule has 7 nitrogen and oxygen atoms in total. The predicted octanol–water partition coefficient (Wildman–Crippen LogP) is 0.397. The summed E-state index contributed by atoms with van der Waals surface area (Å²) in [6.07, 6.45) is 2.00. The van der Waals surface area contributed by atoms with E-state index < -0.39 is 5.54 Å². The van der Waals surface area contributed by atoms with Crippen molar-refractivity contribution in [2.75, 3.05) is 27.9 Å². The highest BCUT2D eigenvalue weighted by molar-refractivity contribution is 6.07. The number of imide groups is 1. The van der Waals surface area contributed by atoms with Crippen molar-refractivity contribution in [3.05, 3.63) is 23.8 Å². The minimum absolute atomic E-state index is 0.110. The van der Waals surface area contributed by atoms with Crippen molar-refractivity contribution in [3.63, 3.8) is 0 Å². The van der Waals surface area contributed by atoms with Crippen LogP contribution in [-0.2, 0) is 11.3 Å². The first-order valence-corrected chi connectivity index (χ1v) is 8.55. The number of rotatable bonds is 7. The van der Waals surface area contributed by atoms with Gasteiger partial charge in [0.2, 0.25) is 0 Å². The van der Waals surface area contributed by atoms with E-state index in [-0.39, 0.29) is 17.9 Å². The fourth-order valence-electron chi connectivity index (χ4n) is 3.45. The molecule has 1 saturated heterocycles. The Morgan fingerprint density at radius 2 is 2.00 bits per heavy atom. The first-order chi connectivity index (χ1) is 11.9. The molecule has 1 aliphatic carbocycles. The first kappa shape index (κ1) is 17.5. The first-order valence-electron chi connectivity index (χ1n) is 8.55. The van der Waals surface area contributed by atoms with Gasteiger partial charge in [-0.15, -0.1) is 0 Å². The van der Waals surface area contributed by atoms with Crippen LogP contribution in [0.15, 0.2) is 18.2 Å². The number of hydrogen-bond acceptors (Lipinski definition) is 4. The monoisotopic (exact) mass is 348 g/mol. The molecule has 1 saturated carbocycles. The van der Waals surface area contributed by atoms with Gasteiger partial charge in [0.15, 0.2) is 6.67 Å². The molecule has 0 spiro atoms. The van der Waals surface area contributed by atoms with Crippen LogP contribution in [0.3, 0.4) is 0 Å². The van der Waals surface area contributed by atoms with Gasteiger partial charge >= 0.3 is 6.03 Å². The summed E-state index contributed by atoms with van der Waals surface area (Å²) in [4.78, 5) is 27.3. The van der Waals surface area contributed by atoms with Gasteiger partial charge in [0.05, 0.1) is 21.3 Å². The molecule has 136 valence electrons. The Balaban J connectivity index is 1.67. The Kier molecular flexibility index (Phi) is 4.60. The van der Waals surface area contributed by atoms with Crippen molar-refractivity contribution in [1.29, 1.82) is 0 Å². The molecule has 3 amide bonds. The quantitative estimate of drug-likeness (QED) is 0.700. The zero-order chi connectivity index (χ0) is 18.2. The second kappa shape index (κ2) is 6.55. The third-order valence-electron chi connectivity index (χ3n) is 5.11. The second-order valence-corrected chi connectivity index (χ2v) is 7.11. The molecular formula is C18H26N3O4+. The van der Waals surface area contributed by atoms with E-state index >= 15 is 0 Å². The standard InChI is InChI=1S/C18H25N3O4/c1-18(13-6-7-13)16(22)21(17(23)19-18)11-20(2)10-12-5-8-14(24-3)9-15(12)25-4/h5,8-9,13H,6-7,10-11H2,1-4H3,(H,19,23)/p+1/t18-/m1/s1. The Morgan fingerprint density at radius 1 is 1.28 bits per heavy atom. The van der Waals surface area contributed by atoms with Gasteiger partial charge in [-0.3, -0.25) is 4.79 Å². The van der Waals surface area contributed by atoms with Crippen molar-refractivity contribution in [1.82, 2.24) is 10.2 Å². The van der Waals surface area contributed by atoms with E-state index in [2.05, 4.69) is 5.32 Å². The molecule has 0 aromatic heterocycles. The fourth-order valence-corrected chi connectivity index (χ4v) is 3.45. The number of nitrogens with zero attached hydrogens (tertiary/aromatic N) is 1. The van der Waals surface area contributed by atoms with Crippen molar-refractivity contribution in [2.24, 2.45) is 5.92 Å². The van der Waals surface area contributed by atoms with E-state index in [9.17, 15) is 9.59 Å². The van der Waals surface area contributed by atoms with Crippen molar-refractivity contribution in [3.8, 4) is 11.5 Å². The molecule has 1 unspecified atom stereocenters. The minimum atomic E-state index is -0.727. The van der Waals surface area contributed by atoms with Gasteiger partial charge in [-0.25, -0.2) is 9.69 Å². The van der Waals surface area contributed by atoms with Crippen LogP contribution in [0.1, 0.15) is 25.3 Å². The zero-order valence-corrected chi connectivity index (χ0v) is 15.2. The van der Waals surface area contributed by atoms with Gasteiger partial charge in [-0.1, -0.05) is 0 Å². The fraction of sp³-hybridized carbons (Fsp3) is 0.556. The number of ether oxygens (including phenoxy) is 2. The van der Waals surface area contributed by atoms with E-state index in [1.165, 1.54) is 4.90 Å². The lowest BCUT2D eigenvalue weighted by atomic mass is 9.96. The van der Waals surface area contributed by atoms with E-state index in [0.717, 1.165) is 34.8 Å². The molecule has 1 heterocycles. The summed E-state index contributed by atoms with van der Waals surface area (Å²) in [5.41, 5.74) is 0.271. The van der Waals surface area contributed by atoms with Crippen LogP contribution in [-0.4, -0.2) is 50.3 Å². The lowest BCUT2D eigenvalue weighted by Gasteiger charge is -2.23. The Labute approximate surface area is 147 Å². The molecule has 3 rings (SSSR count). The summed E-state index contributed by atoms with van der Waals surface area (Å²) in [6, 6.07) is 5.37. The molecule has 25 heavy (non-hydrogen) atoms. The SMILES string of the molecule is COc1ccc(C[NH+](C)CN2C(=O)N[C@](C)(C3CC3)C2=O)c(OC)c1. The number of carbonyl (C=O) groups is 2. The third kappa shape index (κ3) is 3.28. The van der Waals surface area contributed by atoms with E-state index in [1.54, 1.807) is 14.2 Å². The molecule has 0 radical (unpaired) electrons. The number of hydrogen-bond donors (Lipinski definition) is 2. The average molecular weight is 348 g/mol. The van der Waals surface area contributed by atoms with Gasteiger partial charge in [0, 0.05) is 11.6 Å². The third-order valence-corrected chi connectivity index (χ3v) is 5.11. The normalized spacial score (nSPS) is 24.2. The molecule has 2 aliphatic rings. The summed E-state index contributed by atoms with van der Waals surface area (Å²) in [5.74, 6) is 1.63. The maximum absolute atomic E-state index is 12.7. The number of carbonyl (C=O) groups excluding carboxylic acids is 2. The van der Waals surface area contributed by atoms with Crippen LogP contribution in [0.25, 0.3) is 0 Å². The highest BCUT2D eigenvalue weighted by Gasteiger charge is 2.56. The molecular weight excluding hydrogens is 322 g/mol. The molecule has 2 fully saturated rings.